The number of aromatic nitrogens is 4. The number of anilines is 2. The second kappa shape index (κ2) is 7.40. The Morgan fingerprint density at radius 3 is 2.73 bits per heavy atom. The van der Waals surface area contributed by atoms with Gasteiger partial charge in [0, 0.05) is 37.3 Å². The van der Waals surface area contributed by atoms with Gasteiger partial charge in [-0.1, -0.05) is 0 Å². The van der Waals surface area contributed by atoms with Crippen LogP contribution in [-0.2, 0) is 17.3 Å². The molecule has 1 fully saturated rings. The van der Waals surface area contributed by atoms with Crippen LogP contribution in [0.25, 0.3) is 0 Å². The molecular formula is C16H19F3N6O. The van der Waals surface area contributed by atoms with E-state index in [0.717, 1.165) is 18.2 Å². The fourth-order valence-corrected chi connectivity index (χ4v) is 2.74. The molecule has 140 valence electrons. The average Bonchev–Trinajstić information content (AvgIpc) is 3.07. The van der Waals surface area contributed by atoms with Crippen molar-refractivity contribution in [3.8, 4) is 0 Å². The molecule has 7 nitrogen and oxygen atoms in total. The lowest BCUT2D eigenvalue weighted by atomic mass is 10.0. The van der Waals surface area contributed by atoms with Gasteiger partial charge in [0.15, 0.2) is 0 Å². The summed E-state index contributed by atoms with van der Waals surface area (Å²) >= 11 is 0. The molecular weight excluding hydrogens is 349 g/mol. The number of hydrogen-bond acceptors (Lipinski definition) is 7. The summed E-state index contributed by atoms with van der Waals surface area (Å²) in [5, 5.41) is 3.04. The topological polar surface area (TPSA) is 98.8 Å². The van der Waals surface area contributed by atoms with E-state index in [0.29, 0.717) is 25.6 Å². The van der Waals surface area contributed by atoms with E-state index in [1.54, 1.807) is 6.07 Å². The molecule has 1 aliphatic rings. The van der Waals surface area contributed by atoms with E-state index in [4.69, 9.17) is 10.5 Å². The number of hydrogen-bond donors (Lipinski definition) is 2. The Balaban J connectivity index is 1.66. The van der Waals surface area contributed by atoms with Gasteiger partial charge in [0.1, 0.15) is 17.3 Å². The van der Waals surface area contributed by atoms with Gasteiger partial charge in [-0.2, -0.15) is 18.2 Å². The monoisotopic (exact) mass is 368 g/mol. The van der Waals surface area contributed by atoms with E-state index in [9.17, 15) is 13.2 Å². The van der Waals surface area contributed by atoms with Gasteiger partial charge < -0.3 is 15.8 Å². The van der Waals surface area contributed by atoms with Crippen molar-refractivity contribution in [2.45, 2.75) is 31.9 Å². The molecule has 0 spiro atoms. The van der Waals surface area contributed by atoms with Gasteiger partial charge in [-0.3, -0.25) is 0 Å². The van der Waals surface area contributed by atoms with Crippen LogP contribution in [0.2, 0.25) is 0 Å². The first-order valence-electron chi connectivity index (χ1n) is 8.19. The third-order valence-electron chi connectivity index (χ3n) is 3.96. The number of ether oxygens (including phenoxy) is 1. The maximum atomic E-state index is 12.8. The average molecular weight is 368 g/mol. The van der Waals surface area contributed by atoms with Crippen molar-refractivity contribution in [1.82, 2.24) is 19.9 Å². The number of aryl methyl sites for hydroxylation is 1. The van der Waals surface area contributed by atoms with Gasteiger partial charge in [-0.15, -0.1) is 0 Å². The molecule has 0 bridgehead atoms. The third-order valence-corrected chi connectivity index (χ3v) is 3.96. The van der Waals surface area contributed by atoms with Crippen molar-refractivity contribution >= 4 is 11.8 Å². The Labute approximate surface area is 148 Å². The molecule has 0 aliphatic carbocycles. The minimum absolute atomic E-state index is 0.122. The molecule has 1 atom stereocenters. The summed E-state index contributed by atoms with van der Waals surface area (Å²) in [6, 6.07) is 2.71. The second-order valence-corrected chi connectivity index (χ2v) is 6.08. The van der Waals surface area contributed by atoms with E-state index in [1.165, 1.54) is 6.92 Å². The highest BCUT2D eigenvalue weighted by Gasteiger charge is 2.33. The SMILES string of the molecule is Cc1cc(C(F)(F)F)nc(CCNc2cc([C@@H]3CCOC3)nc(N)n2)n1. The summed E-state index contributed by atoms with van der Waals surface area (Å²) in [6.07, 6.45) is -3.40. The van der Waals surface area contributed by atoms with Crippen molar-refractivity contribution in [3.63, 3.8) is 0 Å². The van der Waals surface area contributed by atoms with Gasteiger partial charge in [-0.05, 0) is 19.4 Å². The zero-order valence-electron chi connectivity index (χ0n) is 14.2. The summed E-state index contributed by atoms with van der Waals surface area (Å²) in [5.41, 5.74) is 5.88. The standard InChI is InChI=1S/C16H19F3N6O/c1-9-6-12(16(17,18)19)24-13(22-9)2-4-21-14-7-11(23-15(20)25-14)10-3-5-26-8-10/h6-7,10H,2-5,8H2,1H3,(H3,20,21,23,25)/t10-/m1/s1. The lowest BCUT2D eigenvalue weighted by Gasteiger charge is -2.12. The normalized spacial score (nSPS) is 17.5. The minimum atomic E-state index is -4.49. The predicted octanol–water partition coefficient (Wildman–Crippen LogP) is 2.33. The Hall–Kier alpha value is -2.49. The maximum Gasteiger partial charge on any atom is 0.433 e. The number of nitrogen functional groups attached to an aromatic ring is 1. The Kier molecular flexibility index (Phi) is 5.21. The van der Waals surface area contributed by atoms with Gasteiger partial charge in [0.2, 0.25) is 5.95 Å². The zero-order valence-corrected chi connectivity index (χ0v) is 14.2. The number of halogens is 3. The van der Waals surface area contributed by atoms with Crippen LogP contribution in [0.5, 0.6) is 0 Å². The molecule has 1 saturated heterocycles. The predicted molar refractivity (Wildman–Crippen MR) is 88.6 cm³/mol. The molecule has 2 aromatic heterocycles. The molecule has 3 N–H and O–H groups in total. The van der Waals surface area contributed by atoms with Gasteiger partial charge >= 0.3 is 6.18 Å². The molecule has 10 heteroatoms. The largest absolute Gasteiger partial charge is 0.433 e. The van der Waals surface area contributed by atoms with Gasteiger partial charge in [0.05, 0.1) is 12.3 Å². The van der Waals surface area contributed by atoms with E-state index < -0.39 is 11.9 Å². The fourth-order valence-electron chi connectivity index (χ4n) is 2.74. The van der Waals surface area contributed by atoms with E-state index >= 15 is 0 Å². The van der Waals surface area contributed by atoms with Crippen LogP contribution in [0.15, 0.2) is 12.1 Å². The zero-order chi connectivity index (χ0) is 18.7. The van der Waals surface area contributed by atoms with Crippen LogP contribution in [0, 0.1) is 6.92 Å². The fraction of sp³-hybridized carbons (Fsp3) is 0.500. The number of alkyl halides is 3. The molecule has 1 aliphatic heterocycles. The van der Waals surface area contributed by atoms with E-state index in [-0.39, 0.29) is 29.8 Å². The molecule has 0 aromatic carbocycles. The number of nitrogens with zero attached hydrogens (tertiary/aromatic N) is 4. The number of nitrogens with two attached hydrogens (primary N) is 1. The first-order chi connectivity index (χ1) is 12.3. The summed E-state index contributed by atoms with van der Waals surface area (Å²) in [7, 11) is 0. The van der Waals surface area contributed by atoms with E-state index in [2.05, 4.69) is 25.3 Å². The van der Waals surface area contributed by atoms with Crippen LogP contribution in [0.1, 0.15) is 35.2 Å². The van der Waals surface area contributed by atoms with Crippen LogP contribution >= 0.6 is 0 Å². The van der Waals surface area contributed by atoms with Crippen LogP contribution < -0.4 is 11.1 Å². The molecule has 26 heavy (non-hydrogen) atoms. The highest BCUT2D eigenvalue weighted by molar-refractivity contribution is 5.41. The smallest absolute Gasteiger partial charge is 0.381 e. The molecule has 0 radical (unpaired) electrons. The highest BCUT2D eigenvalue weighted by Crippen LogP contribution is 2.28. The minimum Gasteiger partial charge on any atom is -0.381 e. The van der Waals surface area contributed by atoms with Crippen molar-refractivity contribution in [2.75, 3.05) is 30.8 Å². The molecule has 0 unspecified atom stereocenters. The van der Waals surface area contributed by atoms with Crippen molar-refractivity contribution in [3.05, 3.63) is 35.0 Å². The van der Waals surface area contributed by atoms with Gasteiger partial charge in [0.25, 0.3) is 0 Å². The van der Waals surface area contributed by atoms with Crippen molar-refractivity contribution in [1.29, 1.82) is 0 Å². The molecule has 2 aromatic rings. The summed E-state index contributed by atoms with van der Waals surface area (Å²) in [6.45, 7) is 3.10. The van der Waals surface area contributed by atoms with Gasteiger partial charge in [-0.25, -0.2) is 15.0 Å². The number of nitrogens with one attached hydrogen (secondary N) is 1. The van der Waals surface area contributed by atoms with Crippen molar-refractivity contribution < 1.29 is 17.9 Å². The van der Waals surface area contributed by atoms with Crippen molar-refractivity contribution in [2.24, 2.45) is 0 Å². The Bertz CT molecular complexity index is 777. The van der Waals surface area contributed by atoms with Crippen LogP contribution in [-0.4, -0.2) is 39.7 Å². The maximum absolute atomic E-state index is 12.8. The molecule has 0 saturated carbocycles. The van der Waals surface area contributed by atoms with Crippen LogP contribution in [0.3, 0.4) is 0 Å². The molecule has 3 heterocycles. The Morgan fingerprint density at radius 2 is 2.04 bits per heavy atom. The lowest BCUT2D eigenvalue weighted by Crippen LogP contribution is -2.15. The Morgan fingerprint density at radius 1 is 1.23 bits per heavy atom. The summed E-state index contributed by atoms with van der Waals surface area (Å²) < 4.78 is 43.8. The number of rotatable bonds is 5. The summed E-state index contributed by atoms with van der Waals surface area (Å²) in [4.78, 5) is 16.0. The molecule has 3 rings (SSSR count). The molecule has 0 amide bonds. The third kappa shape index (κ3) is 4.57. The van der Waals surface area contributed by atoms with Crippen LogP contribution in [0.4, 0.5) is 24.9 Å². The lowest BCUT2D eigenvalue weighted by molar-refractivity contribution is -0.141. The van der Waals surface area contributed by atoms with E-state index in [1.807, 2.05) is 0 Å². The summed E-state index contributed by atoms with van der Waals surface area (Å²) in [5.74, 6) is 0.956. The second-order valence-electron chi connectivity index (χ2n) is 6.08. The quantitative estimate of drug-likeness (QED) is 0.836. The first kappa shape index (κ1) is 18.3. The first-order valence-corrected chi connectivity index (χ1v) is 8.19. The highest BCUT2D eigenvalue weighted by atomic mass is 19.4.